The zero-order chi connectivity index (χ0) is 16.8. The van der Waals surface area contributed by atoms with Crippen molar-refractivity contribution >= 4 is 17.5 Å². The monoisotopic (exact) mass is 319 g/mol. The Kier molecular flexibility index (Phi) is 6.19. The third-order valence-electron chi connectivity index (χ3n) is 4.17. The molecule has 0 spiro atoms. The van der Waals surface area contributed by atoms with E-state index in [0.29, 0.717) is 0 Å². The third kappa shape index (κ3) is 4.56. The maximum Gasteiger partial charge on any atom is 0.219 e. The molecule has 1 aliphatic heterocycles. The van der Waals surface area contributed by atoms with Gasteiger partial charge in [0.2, 0.25) is 5.91 Å². The average Bonchev–Trinajstić information content (AvgIpc) is 2.54. The first-order valence-corrected chi connectivity index (χ1v) is 8.66. The molecule has 128 valence electrons. The van der Waals surface area contributed by atoms with Crippen LogP contribution in [-0.4, -0.2) is 60.0 Å². The summed E-state index contributed by atoms with van der Waals surface area (Å²) in [4.78, 5) is 27.2. The molecule has 0 unspecified atom stereocenters. The lowest BCUT2D eigenvalue weighted by atomic mass is 10.3. The Hall–Kier alpha value is -1.85. The van der Waals surface area contributed by atoms with Crippen molar-refractivity contribution in [3.63, 3.8) is 0 Å². The molecule has 0 bridgehead atoms. The minimum absolute atomic E-state index is 0.154. The maximum atomic E-state index is 11.5. The molecule has 1 amide bonds. The number of hydrogen-bond donors (Lipinski definition) is 0. The molecule has 1 aromatic rings. The zero-order valence-electron chi connectivity index (χ0n) is 14.9. The average molecular weight is 319 g/mol. The van der Waals surface area contributed by atoms with Crippen molar-refractivity contribution in [3.05, 3.63) is 11.9 Å². The smallest absolute Gasteiger partial charge is 0.219 e. The number of nitrogens with zero attached hydrogens (tertiary/aromatic N) is 5. The van der Waals surface area contributed by atoms with E-state index < -0.39 is 0 Å². The van der Waals surface area contributed by atoms with E-state index in [1.807, 2.05) is 11.8 Å². The summed E-state index contributed by atoms with van der Waals surface area (Å²) in [5.74, 6) is 2.96. The van der Waals surface area contributed by atoms with Gasteiger partial charge in [-0.05, 0) is 19.8 Å². The number of piperazine rings is 1. The molecule has 1 aliphatic rings. The highest BCUT2D eigenvalue weighted by Crippen LogP contribution is 2.21. The molecule has 6 nitrogen and oxygen atoms in total. The number of amides is 1. The summed E-state index contributed by atoms with van der Waals surface area (Å²) in [5.41, 5.74) is 0. The minimum atomic E-state index is 0.154. The van der Waals surface area contributed by atoms with Gasteiger partial charge in [0, 0.05) is 52.3 Å². The summed E-state index contributed by atoms with van der Waals surface area (Å²) < 4.78 is 0. The van der Waals surface area contributed by atoms with E-state index in [9.17, 15) is 4.79 Å². The van der Waals surface area contributed by atoms with Gasteiger partial charge in [0.1, 0.15) is 17.5 Å². The maximum absolute atomic E-state index is 11.5. The van der Waals surface area contributed by atoms with E-state index in [-0.39, 0.29) is 5.91 Å². The number of rotatable bonds is 6. The first kappa shape index (κ1) is 17.5. The van der Waals surface area contributed by atoms with Gasteiger partial charge in [-0.1, -0.05) is 13.8 Å². The third-order valence-corrected chi connectivity index (χ3v) is 4.17. The van der Waals surface area contributed by atoms with Crippen molar-refractivity contribution < 1.29 is 4.79 Å². The lowest BCUT2D eigenvalue weighted by molar-refractivity contribution is -0.129. The second kappa shape index (κ2) is 8.13. The lowest BCUT2D eigenvalue weighted by Gasteiger charge is -2.35. The van der Waals surface area contributed by atoms with Crippen molar-refractivity contribution in [2.75, 3.05) is 49.1 Å². The summed E-state index contributed by atoms with van der Waals surface area (Å²) in [6.45, 7) is 13.2. The van der Waals surface area contributed by atoms with Crippen LogP contribution in [0, 0.1) is 6.92 Å². The fourth-order valence-corrected chi connectivity index (χ4v) is 2.99. The minimum Gasteiger partial charge on any atom is -0.356 e. The first-order valence-electron chi connectivity index (χ1n) is 8.66. The number of anilines is 2. The quantitative estimate of drug-likeness (QED) is 0.803. The van der Waals surface area contributed by atoms with Gasteiger partial charge < -0.3 is 14.7 Å². The molecule has 0 saturated carbocycles. The van der Waals surface area contributed by atoms with Gasteiger partial charge in [0.15, 0.2) is 0 Å². The van der Waals surface area contributed by atoms with Crippen LogP contribution < -0.4 is 9.80 Å². The van der Waals surface area contributed by atoms with Crippen LogP contribution in [0.25, 0.3) is 0 Å². The Bertz CT molecular complexity index is 520. The van der Waals surface area contributed by atoms with Gasteiger partial charge in [-0.25, -0.2) is 9.97 Å². The predicted molar refractivity (Wildman–Crippen MR) is 94.0 cm³/mol. The lowest BCUT2D eigenvalue weighted by Crippen LogP contribution is -2.48. The summed E-state index contributed by atoms with van der Waals surface area (Å²) in [6.07, 6.45) is 2.21. The molecule has 2 heterocycles. The Morgan fingerprint density at radius 3 is 2.26 bits per heavy atom. The highest BCUT2D eigenvalue weighted by Gasteiger charge is 2.21. The largest absolute Gasteiger partial charge is 0.356 e. The number of aromatic nitrogens is 2. The van der Waals surface area contributed by atoms with E-state index in [4.69, 9.17) is 0 Å². The molecule has 23 heavy (non-hydrogen) atoms. The summed E-state index contributed by atoms with van der Waals surface area (Å²) in [5, 5.41) is 0. The number of carbonyl (C=O) groups excluding carboxylic acids is 1. The molecule has 0 atom stereocenters. The summed E-state index contributed by atoms with van der Waals surface area (Å²) in [6, 6.07) is 2.10. The molecule has 0 N–H and O–H groups in total. The van der Waals surface area contributed by atoms with Gasteiger partial charge >= 0.3 is 0 Å². The zero-order valence-corrected chi connectivity index (χ0v) is 14.9. The van der Waals surface area contributed by atoms with E-state index in [2.05, 4.69) is 39.7 Å². The number of hydrogen-bond acceptors (Lipinski definition) is 5. The standard InChI is InChI=1S/C17H29N5O/c1-5-7-21(8-6-2)16-13-17(19-14(3)18-16)22-11-9-20(10-12-22)15(4)23/h13H,5-12H2,1-4H3. The SMILES string of the molecule is CCCN(CCC)c1cc(N2CCN(C(C)=O)CC2)nc(C)n1. The Labute approximate surface area is 139 Å². The molecular formula is C17H29N5O. The van der Waals surface area contributed by atoms with Crippen LogP contribution in [0.15, 0.2) is 6.07 Å². The molecule has 2 rings (SSSR count). The Morgan fingerprint density at radius 2 is 1.74 bits per heavy atom. The van der Waals surface area contributed by atoms with Crippen LogP contribution in [-0.2, 0) is 4.79 Å². The van der Waals surface area contributed by atoms with E-state index in [0.717, 1.165) is 69.6 Å². The van der Waals surface area contributed by atoms with E-state index in [1.54, 1.807) is 6.92 Å². The van der Waals surface area contributed by atoms with Gasteiger partial charge in [-0.15, -0.1) is 0 Å². The fourth-order valence-electron chi connectivity index (χ4n) is 2.99. The predicted octanol–water partition coefficient (Wildman–Crippen LogP) is 2.08. The molecule has 0 aromatic carbocycles. The second-order valence-electron chi connectivity index (χ2n) is 6.11. The summed E-state index contributed by atoms with van der Waals surface area (Å²) in [7, 11) is 0. The van der Waals surface area contributed by atoms with Gasteiger partial charge in [-0.2, -0.15) is 0 Å². The summed E-state index contributed by atoms with van der Waals surface area (Å²) >= 11 is 0. The van der Waals surface area contributed by atoms with Crippen molar-refractivity contribution in [2.45, 2.75) is 40.5 Å². The molecule has 0 radical (unpaired) electrons. The van der Waals surface area contributed by atoms with Gasteiger partial charge in [0.05, 0.1) is 0 Å². The van der Waals surface area contributed by atoms with Crippen LogP contribution in [0.4, 0.5) is 11.6 Å². The van der Waals surface area contributed by atoms with Crippen molar-refractivity contribution in [3.8, 4) is 0 Å². The number of carbonyl (C=O) groups is 1. The number of aryl methyl sites for hydroxylation is 1. The van der Waals surface area contributed by atoms with Gasteiger partial charge in [0.25, 0.3) is 0 Å². The molecule has 0 aliphatic carbocycles. The van der Waals surface area contributed by atoms with Crippen LogP contribution in [0.5, 0.6) is 0 Å². The highest BCUT2D eigenvalue weighted by molar-refractivity contribution is 5.73. The topological polar surface area (TPSA) is 52.6 Å². The normalized spacial score (nSPS) is 15.0. The second-order valence-corrected chi connectivity index (χ2v) is 6.11. The first-order chi connectivity index (χ1) is 11.0. The van der Waals surface area contributed by atoms with E-state index >= 15 is 0 Å². The molecule has 6 heteroatoms. The fraction of sp³-hybridized carbons (Fsp3) is 0.706. The Morgan fingerprint density at radius 1 is 1.13 bits per heavy atom. The molecule has 1 saturated heterocycles. The molecular weight excluding hydrogens is 290 g/mol. The Balaban J connectivity index is 2.15. The molecule has 1 fully saturated rings. The van der Waals surface area contributed by atoms with Crippen LogP contribution in [0.1, 0.15) is 39.4 Å². The van der Waals surface area contributed by atoms with Crippen LogP contribution >= 0.6 is 0 Å². The molecule has 1 aromatic heterocycles. The van der Waals surface area contributed by atoms with Gasteiger partial charge in [-0.3, -0.25) is 4.79 Å². The highest BCUT2D eigenvalue weighted by atomic mass is 16.2. The van der Waals surface area contributed by atoms with Crippen molar-refractivity contribution in [1.29, 1.82) is 0 Å². The van der Waals surface area contributed by atoms with Crippen molar-refractivity contribution in [2.24, 2.45) is 0 Å². The van der Waals surface area contributed by atoms with Crippen LogP contribution in [0.2, 0.25) is 0 Å². The van der Waals surface area contributed by atoms with Crippen LogP contribution in [0.3, 0.4) is 0 Å². The van der Waals surface area contributed by atoms with E-state index in [1.165, 1.54) is 0 Å². The van der Waals surface area contributed by atoms with Crippen molar-refractivity contribution in [1.82, 2.24) is 14.9 Å².